The van der Waals surface area contributed by atoms with Crippen LogP contribution in [0.3, 0.4) is 0 Å². The van der Waals surface area contributed by atoms with Crippen molar-refractivity contribution in [1.29, 1.82) is 0 Å². The Labute approximate surface area is 174 Å². The van der Waals surface area contributed by atoms with E-state index in [1.165, 1.54) is 17.0 Å². The molecule has 2 aromatic rings. The van der Waals surface area contributed by atoms with Gasteiger partial charge in [0.25, 0.3) is 0 Å². The summed E-state index contributed by atoms with van der Waals surface area (Å²) < 4.78 is 13.1. The maximum absolute atomic E-state index is 13.1. The van der Waals surface area contributed by atoms with E-state index in [0.717, 1.165) is 6.42 Å². The maximum atomic E-state index is 13.1. The van der Waals surface area contributed by atoms with Gasteiger partial charge in [-0.15, -0.1) is 0 Å². The molecule has 0 bridgehead atoms. The molecule has 0 aliphatic rings. The average Bonchev–Trinajstić information content (AvgIpc) is 2.67. The van der Waals surface area contributed by atoms with Gasteiger partial charge in [0.1, 0.15) is 11.9 Å². The molecule has 0 aliphatic heterocycles. The van der Waals surface area contributed by atoms with E-state index < -0.39 is 6.04 Å². The molecular weight excluding hydrogens is 402 g/mol. The zero-order chi connectivity index (χ0) is 20.7. The Morgan fingerprint density at radius 3 is 2.29 bits per heavy atom. The summed E-state index contributed by atoms with van der Waals surface area (Å²) in [7, 11) is 0. The predicted octanol–water partition coefficient (Wildman–Crippen LogP) is 4.62. The molecule has 0 spiro atoms. The number of halogens is 3. The van der Waals surface area contributed by atoms with Gasteiger partial charge in [-0.3, -0.25) is 9.59 Å². The molecule has 2 amide bonds. The lowest BCUT2D eigenvalue weighted by Crippen LogP contribution is -2.48. The SMILES string of the molecule is CCCNC(=O)[C@@H](C)N(Cc1c(Cl)cccc1Cl)C(=O)Cc1ccc(F)cc1. The normalized spacial score (nSPS) is 11.8. The molecule has 2 rings (SSSR count). The zero-order valence-electron chi connectivity index (χ0n) is 15.8. The first-order chi connectivity index (χ1) is 13.3. The summed E-state index contributed by atoms with van der Waals surface area (Å²) in [5.41, 5.74) is 1.23. The smallest absolute Gasteiger partial charge is 0.242 e. The van der Waals surface area contributed by atoms with Crippen LogP contribution < -0.4 is 5.32 Å². The largest absolute Gasteiger partial charge is 0.354 e. The van der Waals surface area contributed by atoms with Crippen molar-refractivity contribution in [3.63, 3.8) is 0 Å². The molecule has 0 radical (unpaired) electrons. The van der Waals surface area contributed by atoms with Crippen molar-refractivity contribution in [1.82, 2.24) is 10.2 Å². The first-order valence-corrected chi connectivity index (χ1v) is 9.83. The molecule has 2 aromatic carbocycles. The van der Waals surface area contributed by atoms with Crippen molar-refractivity contribution < 1.29 is 14.0 Å². The van der Waals surface area contributed by atoms with E-state index in [4.69, 9.17) is 23.2 Å². The van der Waals surface area contributed by atoms with Gasteiger partial charge in [0, 0.05) is 28.7 Å². The molecule has 0 fully saturated rings. The van der Waals surface area contributed by atoms with Crippen LogP contribution >= 0.6 is 23.2 Å². The van der Waals surface area contributed by atoms with Gasteiger partial charge in [-0.25, -0.2) is 4.39 Å². The minimum absolute atomic E-state index is 0.0355. The summed E-state index contributed by atoms with van der Waals surface area (Å²) in [5, 5.41) is 3.65. The van der Waals surface area contributed by atoms with Crippen molar-refractivity contribution in [3.05, 3.63) is 69.5 Å². The van der Waals surface area contributed by atoms with E-state index >= 15 is 0 Å². The second-order valence-corrected chi connectivity index (χ2v) is 7.31. The number of rotatable bonds is 8. The molecule has 0 saturated carbocycles. The lowest BCUT2D eigenvalue weighted by Gasteiger charge is -2.29. The van der Waals surface area contributed by atoms with Crippen LogP contribution in [0.25, 0.3) is 0 Å². The number of amides is 2. The summed E-state index contributed by atoms with van der Waals surface area (Å²) in [4.78, 5) is 26.9. The molecule has 0 aromatic heterocycles. The van der Waals surface area contributed by atoms with Crippen LogP contribution in [0.1, 0.15) is 31.4 Å². The van der Waals surface area contributed by atoms with E-state index in [1.54, 1.807) is 37.3 Å². The molecule has 150 valence electrons. The van der Waals surface area contributed by atoms with Gasteiger partial charge in [-0.1, -0.05) is 48.3 Å². The fourth-order valence-electron chi connectivity index (χ4n) is 2.71. The van der Waals surface area contributed by atoms with Crippen molar-refractivity contribution in [2.75, 3.05) is 6.54 Å². The average molecular weight is 425 g/mol. The summed E-state index contributed by atoms with van der Waals surface area (Å²) in [6.07, 6.45) is 0.825. The number of carbonyl (C=O) groups is 2. The first-order valence-electron chi connectivity index (χ1n) is 9.08. The summed E-state index contributed by atoms with van der Waals surface area (Å²) in [6, 6.07) is 10.1. The van der Waals surface area contributed by atoms with Gasteiger partial charge in [-0.05, 0) is 43.2 Å². The Balaban J connectivity index is 2.27. The Morgan fingerprint density at radius 2 is 1.71 bits per heavy atom. The van der Waals surface area contributed by atoms with Crippen LogP contribution in [0.15, 0.2) is 42.5 Å². The fourth-order valence-corrected chi connectivity index (χ4v) is 3.23. The van der Waals surface area contributed by atoms with E-state index in [0.29, 0.717) is 27.7 Å². The highest BCUT2D eigenvalue weighted by Gasteiger charge is 2.27. The van der Waals surface area contributed by atoms with E-state index in [2.05, 4.69) is 5.32 Å². The van der Waals surface area contributed by atoms with Crippen molar-refractivity contribution >= 4 is 35.0 Å². The van der Waals surface area contributed by atoms with Gasteiger partial charge in [0.2, 0.25) is 11.8 Å². The molecule has 4 nitrogen and oxygen atoms in total. The Bertz CT molecular complexity index is 807. The predicted molar refractivity (Wildman–Crippen MR) is 110 cm³/mol. The Hall–Kier alpha value is -2.11. The number of nitrogens with one attached hydrogen (secondary N) is 1. The van der Waals surface area contributed by atoms with E-state index in [9.17, 15) is 14.0 Å². The minimum Gasteiger partial charge on any atom is -0.354 e. The number of benzene rings is 2. The van der Waals surface area contributed by atoms with Gasteiger partial charge >= 0.3 is 0 Å². The van der Waals surface area contributed by atoms with Crippen LogP contribution in [0.5, 0.6) is 0 Å². The Morgan fingerprint density at radius 1 is 1.11 bits per heavy atom. The molecule has 7 heteroatoms. The lowest BCUT2D eigenvalue weighted by molar-refractivity contribution is -0.140. The summed E-state index contributed by atoms with van der Waals surface area (Å²) in [6.45, 7) is 4.24. The number of carbonyl (C=O) groups excluding carboxylic acids is 2. The molecule has 0 heterocycles. The topological polar surface area (TPSA) is 49.4 Å². The summed E-state index contributed by atoms with van der Waals surface area (Å²) >= 11 is 12.5. The second-order valence-electron chi connectivity index (χ2n) is 6.49. The molecular formula is C21H23Cl2FN2O2. The third-order valence-electron chi connectivity index (χ3n) is 4.38. The van der Waals surface area contributed by atoms with Crippen LogP contribution in [0, 0.1) is 5.82 Å². The standard InChI is InChI=1S/C21H23Cl2FN2O2/c1-3-11-25-21(28)14(2)26(13-17-18(22)5-4-6-19(17)23)20(27)12-15-7-9-16(24)10-8-15/h4-10,14H,3,11-13H2,1-2H3,(H,25,28)/t14-/m1/s1. The third kappa shape index (κ3) is 5.94. The van der Waals surface area contributed by atoms with Crippen LogP contribution in [0.4, 0.5) is 4.39 Å². The molecule has 1 atom stereocenters. The lowest BCUT2D eigenvalue weighted by atomic mass is 10.1. The monoisotopic (exact) mass is 424 g/mol. The van der Waals surface area contributed by atoms with E-state index in [-0.39, 0.29) is 30.6 Å². The molecule has 0 unspecified atom stereocenters. The fraction of sp³-hybridized carbons (Fsp3) is 0.333. The van der Waals surface area contributed by atoms with Crippen LogP contribution in [-0.4, -0.2) is 29.3 Å². The van der Waals surface area contributed by atoms with E-state index in [1.807, 2.05) is 6.92 Å². The van der Waals surface area contributed by atoms with Crippen LogP contribution in [-0.2, 0) is 22.6 Å². The quantitative estimate of drug-likeness (QED) is 0.671. The van der Waals surface area contributed by atoms with Crippen LogP contribution in [0.2, 0.25) is 10.0 Å². The van der Waals surface area contributed by atoms with Crippen molar-refractivity contribution in [3.8, 4) is 0 Å². The van der Waals surface area contributed by atoms with Crippen molar-refractivity contribution in [2.45, 2.75) is 39.3 Å². The van der Waals surface area contributed by atoms with Gasteiger partial charge in [0.05, 0.1) is 6.42 Å². The maximum Gasteiger partial charge on any atom is 0.242 e. The Kier molecular flexibility index (Phi) is 8.27. The molecule has 28 heavy (non-hydrogen) atoms. The first kappa shape index (κ1) is 22.2. The molecule has 0 aliphatic carbocycles. The van der Waals surface area contributed by atoms with Crippen molar-refractivity contribution in [2.24, 2.45) is 0 Å². The summed E-state index contributed by atoms with van der Waals surface area (Å²) in [5.74, 6) is -0.901. The van der Waals surface area contributed by atoms with Gasteiger partial charge in [-0.2, -0.15) is 0 Å². The minimum atomic E-state index is -0.716. The van der Waals surface area contributed by atoms with Gasteiger partial charge in [0.15, 0.2) is 0 Å². The number of nitrogens with zero attached hydrogens (tertiary/aromatic N) is 1. The highest BCUT2D eigenvalue weighted by Crippen LogP contribution is 2.26. The molecule has 1 N–H and O–H groups in total. The number of hydrogen-bond donors (Lipinski definition) is 1. The molecule has 0 saturated heterocycles. The second kappa shape index (κ2) is 10.4. The number of hydrogen-bond acceptors (Lipinski definition) is 2. The van der Waals surface area contributed by atoms with Gasteiger partial charge < -0.3 is 10.2 Å². The zero-order valence-corrected chi connectivity index (χ0v) is 17.4. The third-order valence-corrected chi connectivity index (χ3v) is 5.08. The highest BCUT2D eigenvalue weighted by molar-refractivity contribution is 6.36. The highest BCUT2D eigenvalue weighted by atomic mass is 35.5.